The Balaban J connectivity index is 1.60. The van der Waals surface area contributed by atoms with Crippen LogP contribution in [0.2, 0.25) is 5.15 Å². The number of likely N-dealkylation sites (tertiary alicyclic amines) is 1. The average molecular weight is 371 g/mol. The summed E-state index contributed by atoms with van der Waals surface area (Å²) in [5, 5.41) is 4.85. The van der Waals surface area contributed by atoms with Gasteiger partial charge in [-0.2, -0.15) is 0 Å². The first-order chi connectivity index (χ1) is 11.3. The highest BCUT2D eigenvalue weighted by atomic mass is 35.5. The van der Waals surface area contributed by atoms with Gasteiger partial charge in [-0.15, -0.1) is 11.3 Å². The summed E-state index contributed by atoms with van der Waals surface area (Å²) < 4.78 is 7.02. The zero-order chi connectivity index (χ0) is 17.5. The lowest BCUT2D eigenvalue weighted by atomic mass is 10.0. The lowest BCUT2D eigenvalue weighted by Gasteiger charge is -2.41. The molecule has 2 aromatic heterocycles. The van der Waals surface area contributed by atoms with Gasteiger partial charge in [-0.1, -0.05) is 11.6 Å². The molecule has 1 N–H and O–H groups in total. The zero-order valence-electron chi connectivity index (χ0n) is 13.7. The predicted octanol–water partition coefficient (Wildman–Crippen LogP) is 2.79. The summed E-state index contributed by atoms with van der Waals surface area (Å²) in [6.07, 6.45) is 2.23. The highest BCUT2D eigenvalue weighted by Crippen LogP contribution is 2.23. The van der Waals surface area contributed by atoms with Crippen molar-refractivity contribution in [3.63, 3.8) is 0 Å². The maximum Gasteiger partial charge on any atom is 0.410 e. The molecule has 1 saturated heterocycles. The molecule has 7 nitrogen and oxygen atoms in total. The summed E-state index contributed by atoms with van der Waals surface area (Å²) in [7, 11) is 0. The van der Waals surface area contributed by atoms with Crippen molar-refractivity contribution < 1.29 is 14.3 Å². The molecule has 0 unspecified atom stereocenters. The maximum atomic E-state index is 12.4. The van der Waals surface area contributed by atoms with Gasteiger partial charge in [0.15, 0.2) is 15.8 Å². The molecule has 0 spiro atoms. The number of fused-ring (bicyclic) bond motifs is 1. The van der Waals surface area contributed by atoms with Crippen molar-refractivity contribution in [2.24, 2.45) is 0 Å². The van der Waals surface area contributed by atoms with Gasteiger partial charge in [-0.25, -0.2) is 9.78 Å². The standard InChI is InChI=1S/C15H19ClN4O3S/c1-15(2,3)23-14(22)19-5-4-9(19)8-17-12(21)10-11(16)18-13-20(10)6-7-24-13/h6-7,9H,4-5,8H2,1-3H3,(H,17,21)/t9-/m0/s1. The third-order valence-corrected chi connectivity index (χ3v) is 4.73. The predicted molar refractivity (Wildman–Crippen MR) is 91.8 cm³/mol. The topological polar surface area (TPSA) is 75.9 Å². The fraction of sp³-hybridized carbons (Fsp3) is 0.533. The molecule has 0 radical (unpaired) electrons. The van der Waals surface area contributed by atoms with E-state index < -0.39 is 5.60 Å². The van der Waals surface area contributed by atoms with Gasteiger partial charge in [0, 0.05) is 24.7 Å². The second-order valence-electron chi connectivity index (χ2n) is 6.63. The normalized spacial score (nSPS) is 17.7. The van der Waals surface area contributed by atoms with E-state index in [2.05, 4.69) is 10.3 Å². The van der Waals surface area contributed by atoms with Crippen molar-refractivity contribution in [1.82, 2.24) is 19.6 Å². The number of halogens is 1. The Morgan fingerprint density at radius 1 is 1.50 bits per heavy atom. The summed E-state index contributed by atoms with van der Waals surface area (Å²) >= 11 is 7.46. The minimum Gasteiger partial charge on any atom is -0.444 e. The quantitative estimate of drug-likeness (QED) is 0.901. The lowest BCUT2D eigenvalue weighted by Crippen LogP contribution is -2.57. The Morgan fingerprint density at radius 2 is 2.25 bits per heavy atom. The van der Waals surface area contributed by atoms with E-state index in [9.17, 15) is 9.59 Å². The summed E-state index contributed by atoms with van der Waals surface area (Å²) in [5.74, 6) is -0.304. The van der Waals surface area contributed by atoms with Gasteiger partial charge in [0.25, 0.3) is 5.91 Å². The average Bonchev–Trinajstić information content (AvgIpc) is 2.94. The van der Waals surface area contributed by atoms with E-state index in [-0.39, 0.29) is 23.2 Å². The Bertz CT molecular complexity index is 779. The number of imidazole rings is 1. The van der Waals surface area contributed by atoms with E-state index in [1.165, 1.54) is 11.3 Å². The fourth-order valence-electron chi connectivity index (χ4n) is 2.47. The molecule has 0 bridgehead atoms. The van der Waals surface area contributed by atoms with E-state index >= 15 is 0 Å². The molecule has 1 aliphatic heterocycles. The van der Waals surface area contributed by atoms with Crippen LogP contribution in [-0.2, 0) is 4.74 Å². The van der Waals surface area contributed by atoms with Crippen LogP contribution in [0.15, 0.2) is 11.6 Å². The van der Waals surface area contributed by atoms with Crippen LogP contribution in [0, 0.1) is 0 Å². The Morgan fingerprint density at radius 3 is 2.88 bits per heavy atom. The molecular formula is C15H19ClN4O3S. The van der Waals surface area contributed by atoms with E-state index in [0.29, 0.717) is 23.7 Å². The summed E-state index contributed by atoms with van der Waals surface area (Å²) in [6.45, 7) is 6.48. The molecule has 1 atom stereocenters. The van der Waals surface area contributed by atoms with E-state index in [4.69, 9.17) is 16.3 Å². The van der Waals surface area contributed by atoms with Crippen molar-refractivity contribution in [2.75, 3.05) is 13.1 Å². The van der Waals surface area contributed by atoms with Crippen LogP contribution in [0.25, 0.3) is 4.96 Å². The highest BCUT2D eigenvalue weighted by Gasteiger charge is 2.35. The first-order valence-corrected chi connectivity index (χ1v) is 8.91. The number of hydrogen-bond acceptors (Lipinski definition) is 5. The minimum absolute atomic E-state index is 0.0616. The third-order valence-electron chi connectivity index (χ3n) is 3.70. The van der Waals surface area contributed by atoms with Gasteiger partial charge in [-0.05, 0) is 27.2 Å². The monoisotopic (exact) mass is 370 g/mol. The van der Waals surface area contributed by atoms with Crippen molar-refractivity contribution in [1.29, 1.82) is 0 Å². The smallest absolute Gasteiger partial charge is 0.410 e. The van der Waals surface area contributed by atoms with Crippen LogP contribution < -0.4 is 5.32 Å². The second kappa shape index (κ2) is 6.25. The molecule has 0 saturated carbocycles. The van der Waals surface area contributed by atoms with Gasteiger partial charge < -0.3 is 15.0 Å². The highest BCUT2D eigenvalue weighted by molar-refractivity contribution is 7.15. The molecule has 3 heterocycles. The molecule has 3 rings (SSSR count). The van der Waals surface area contributed by atoms with Crippen molar-refractivity contribution in [2.45, 2.75) is 38.8 Å². The zero-order valence-corrected chi connectivity index (χ0v) is 15.3. The van der Waals surface area contributed by atoms with Gasteiger partial charge >= 0.3 is 6.09 Å². The Hall–Kier alpha value is -1.80. The summed E-state index contributed by atoms with van der Waals surface area (Å²) in [5.41, 5.74) is -0.216. The van der Waals surface area contributed by atoms with Crippen LogP contribution in [0.5, 0.6) is 0 Å². The Kier molecular flexibility index (Phi) is 4.44. The largest absolute Gasteiger partial charge is 0.444 e. The number of amides is 2. The number of nitrogens with zero attached hydrogens (tertiary/aromatic N) is 3. The third kappa shape index (κ3) is 3.34. The van der Waals surface area contributed by atoms with Crippen LogP contribution in [-0.4, -0.2) is 51.0 Å². The number of hydrogen-bond donors (Lipinski definition) is 1. The number of ether oxygens (including phenoxy) is 1. The molecule has 1 fully saturated rings. The van der Waals surface area contributed by atoms with Gasteiger partial charge in [-0.3, -0.25) is 9.20 Å². The molecule has 9 heteroatoms. The number of aromatic nitrogens is 2. The minimum atomic E-state index is -0.532. The van der Waals surface area contributed by atoms with E-state index in [0.717, 1.165) is 6.42 Å². The first-order valence-electron chi connectivity index (χ1n) is 7.65. The molecular weight excluding hydrogens is 352 g/mol. The van der Waals surface area contributed by atoms with Gasteiger partial charge in [0.1, 0.15) is 5.60 Å². The van der Waals surface area contributed by atoms with Crippen LogP contribution in [0.1, 0.15) is 37.7 Å². The van der Waals surface area contributed by atoms with Crippen molar-refractivity contribution in [3.05, 3.63) is 22.4 Å². The molecule has 0 aromatic carbocycles. The number of carbonyl (C=O) groups excluding carboxylic acids is 2. The first kappa shape index (κ1) is 17.0. The fourth-order valence-corrected chi connectivity index (χ4v) is 3.49. The summed E-state index contributed by atoms with van der Waals surface area (Å²) in [4.78, 5) is 30.9. The molecule has 130 valence electrons. The second-order valence-corrected chi connectivity index (χ2v) is 7.86. The molecule has 2 amide bonds. The molecule has 1 aliphatic rings. The van der Waals surface area contributed by atoms with Crippen LogP contribution in [0.4, 0.5) is 4.79 Å². The van der Waals surface area contributed by atoms with E-state index in [1.54, 1.807) is 15.5 Å². The number of nitrogens with one attached hydrogen (secondary N) is 1. The SMILES string of the molecule is CC(C)(C)OC(=O)N1CC[C@H]1CNC(=O)c1c(Cl)nc2sccn12. The molecule has 24 heavy (non-hydrogen) atoms. The van der Waals surface area contributed by atoms with Crippen molar-refractivity contribution in [3.8, 4) is 0 Å². The molecule has 0 aliphatic carbocycles. The molecule has 2 aromatic rings. The van der Waals surface area contributed by atoms with E-state index in [1.807, 2.05) is 26.2 Å². The summed E-state index contributed by atoms with van der Waals surface area (Å²) in [6, 6.07) is -0.0616. The number of thiazole rings is 1. The number of rotatable bonds is 3. The van der Waals surface area contributed by atoms with Crippen LogP contribution in [0.3, 0.4) is 0 Å². The maximum absolute atomic E-state index is 12.4. The van der Waals surface area contributed by atoms with Gasteiger partial charge in [0.05, 0.1) is 6.04 Å². The van der Waals surface area contributed by atoms with Crippen molar-refractivity contribution >= 4 is 39.9 Å². The van der Waals surface area contributed by atoms with Crippen LogP contribution >= 0.6 is 22.9 Å². The van der Waals surface area contributed by atoms with Gasteiger partial charge in [0.2, 0.25) is 0 Å². The lowest BCUT2D eigenvalue weighted by molar-refractivity contribution is -0.00488. The number of carbonyl (C=O) groups is 2. The Labute approximate surface area is 148 Å².